The van der Waals surface area contributed by atoms with E-state index in [0.717, 1.165) is 21.3 Å². The minimum absolute atomic E-state index is 0.0241. The highest BCUT2D eigenvalue weighted by atomic mass is 32.1. The van der Waals surface area contributed by atoms with Gasteiger partial charge in [0.1, 0.15) is 24.7 Å². The second-order valence-electron chi connectivity index (χ2n) is 9.23. The highest BCUT2D eigenvalue weighted by molar-refractivity contribution is 7.22. The molecule has 0 bridgehead atoms. The Morgan fingerprint density at radius 1 is 1.03 bits per heavy atom. The summed E-state index contributed by atoms with van der Waals surface area (Å²) in [5, 5.41) is 11.9. The highest BCUT2D eigenvalue weighted by Crippen LogP contribution is 2.45. The number of carbonyl (C=O) groups is 2. The van der Waals surface area contributed by atoms with Crippen molar-refractivity contribution in [1.29, 1.82) is 0 Å². The maximum atomic E-state index is 13.5. The first-order valence-corrected chi connectivity index (χ1v) is 12.9. The van der Waals surface area contributed by atoms with Gasteiger partial charge in [0.15, 0.2) is 16.6 Å². The number of nitrogens with zero attached hydrogens (tertiary/aromatic N) is 2. The first-order chi connectivity index (χ1) is 18.4. The van der Waals surface area contributed by atoms with Gasteiger partial charge in [-0.1, -0.05) is 29.5 Å². The third-order valence-electron chi connectivity index (χ3n) is 6.72. The van der Waals surface area contributed by atoms with E-state index in [1.54, 1.807) is 49.6 Å². The quantitative estimate of drug-likeness (QED) is 0.218. The maximum absolute atomic E-state index is 13.5. The number of carbonyl (C=O) groups excluding carboxylic acids is 2. The summed E-state index contributed by atoms with van der Waals surface area (Å²) < 4.78 is 17.5. The third kappa shape index (κ3) is 3.86. The van der Waals surface area contributed by atoms with Crippen LogP contribution in [0.15, 0.2) is 60.2 Å². The third-order valence-corrected chi connectivity index (χ3v) is 7.72. The fourth-order valence-corrected chi connectivity index (χ4v) is 6.11. The molecule has 3 aromatic carbocycles. The minimum atomic E-state index is -0.893. The van der Waals surface area contributed by atoms with E-state index in [1.807, 2.05) is 26.0 Å². The summed E-state index contributed by atoms with van der Waals surface area (Å²) in [5.41, 5.74) is 3.80. The SMILES string of the molecule is COc1ccc([C@@H]2/C(=C(\O)c3ccc4c(c3)OCCO4)C(=O)C(=O)N2c2nc3c(C)cc(C)cc3s2)cc1. The molecule has 6 rings (SSSR count). The molecule has 2 aliphatic rings. The minimum Gasteiger partial charge on any atom is -0.507 e. The highest BCUT2D eigenvalue weighted by Gasteiger charge is 2.48. The van der Waals surface area contributed by atoms with Gasteiger partial charge in [0, 0.05) is 5.56 Å². The number of hydrogen-bond donors (Lipinski definition) is 1. The largest absolute Gasteiger partial charge is 0.507 e. The summed E-state index contributed by atoms with van der Waals surface area (Å²) >= 11 is 1.34. The Morgan fingerprint density at radius 3 is 2.50 bits per heavy atom. The van der Waals surface area contributed by atoms with E-state index in [-0.39, 0.29) is 11.3 Å². The zero-order chi connectivity index (χ0) is 26.6. The standard InChI is InChI=1S/C29H24N2O6S/c1-15-12-16(2)24-22(13-15)38-29(30-24)31-25(17-4-7-19(35-3)8-5-17)23(27(33)28(31)34)26(32)18-6-9-20-21(14-18)37-11-10-36-20/h4-9,12-14,25,32H,10-11H2,1-3H3/b26-23+/t25-/m1/s1. The van der Waals surface area contributed by atoms with Crippen LogP contribution in [0.4, 0.5) is 5.13 Å². The summed E-state index contributed by atoms with van der Waals surface area (Å²) in [6, 6.07) is 15.2. The lowest BCUT2D eigenvalue weighted by atomic mass is 9.95. The van der Waals surface area contributed by atoms with Crippen LogP contribution >= 0.6 is 11.3 Å². The number of anilines is 1. The number of aliphatic hydroxyl groups is 1. The normalized spacial score (nSPS) is 18.3. The van der Waals surface area contributed by atoms with Crippen molar-refractivity contribution < 1.29 is 28.9 Å². The second kappa shape index (κ2) is 9.18. The number of rotatable bonds is 4. The Hall–Kier alpha value is -4.37. The van der Waals surface area contributed by atoms with Crippen LogP contribution in [-0.2, 0) is 9.59 Å². The van der Waals surface area contributed by atoms with Crippen LogP contribution in [0.1, 0.15) is 28.3 Å². The van der Waals surface area contributed by atoms with Gasteiger partial charge in [-0.2, -0.15) is 0 Å². The van der Waals surface area contributed by atoms with E-state index in [4.69, 9.17) is 19.2 Å². The van der Waals surface area contributed by atoms with E-state index in [9.17, 15) is 14.7 Å². The number of thiazole rings is 1. The number of benzene rings is 3. The number of fused-ring (bicyclic) bond motifs is 2. The van der Waals surface area contributed by atoms with Gasteiger partial charge in [0.2, 0.25) is 0 Å². The molecule has 1 fully saturated rings. The predicted octanol–water partition coefficient (Wildman–Crippen LogP) is 5.32. The molecule has 2 aliphatic heterocycles. The lowest BCUT2D eigenvalue weighted by Gasteiger charge is -2.23. The molecule has 0 unspecified atom stereocenters. The van der Waals surface area contributed by atoms with Gasteiger partial charge in [0.05, 0.1) is 28.9 Å². The Bertz CT molecular complexity index is 1640. The number of hydrogen-bond acceptors (Lipinski definition) is 8. The van der Waals surface area contributed by atoms with Gasteiger partial charge in [-0.05, 0) is 66.9 Å². The Kier molecular flexibility index (Phi) is 5.80. The molecule has 4 aromatic rings. The molecule has 1 saturated heterocycles. The average molecular weight is 529 g/mol. The van der Waals surface area contributed by atoms with Crippen molar-refractivity contribution in [3.05, 3.63) is 82.4 Å². The van der Waals surface area contributed by atoms with Crippen molar-refractivity contribution >= 4 is 44.1 Å². The molecule has 0 aliphatic carbocycles. The Balaban J connectivity index is 1.54. The second-order valence-corrected chi connectivity index (χ2v) is 10.2. The van der Waals surface area contributed by atoms with Crippen LogP contribution in [0, 0.1) is 13.8 Å². The van der Waals surface area contributed by atoms with Gasteiger partial charge in [-0.15, -0.1) is 0 Å². The zero-order valence-electron chi connectivity index (χ0n) is 21.0. The summed E-state index contributed by atoms with van der Waals surface area (Å²) in [4.78, 5) is 33.2. The number of amides is 1. The topological polar surface area (TPSA) is 98.2 Å². The summed E-state index contributed by atoms with van der Waals surface area (Å²) in [6.07, 6.45) is 0. The van der Waals surface area contributed by atoms with Crippen molar-refractivity contribution in [2.24, 2.45) is 0 Å². The lowest BCUT2D eigenvalue weighted by Crippen LogP contribution is -2.29. The van der Waals surface area contributed by atoms with Gasteiger partial charge in [-0.25, -0.2) is 4.98 Å². The predicted molar refractivity (Wildman–Crippen MR) is 144 cm³/mol. The molecular formula is C29H24N2O6S. The number of ether oxygens (including phenoxy) is 3. The molecule has 9 heteroatoms. The number of aliphatic hydroxyl groups excluding tert-OH is 1. The average Bonchev–Trinajstić information content (AvgIpc) is 3.46. The van der Waals surface area contributed by atoms with Gasteiger partial charge in [-0.3, -0.25) is 14.5 Å². The van der Waals surface area contributed by atoms with Crippen LogP contribution in [0.25, 0.3) is 16.0 Å². The number of aromatic nitrogens is 1. The van der Waals surface area contributed by atoms with Crippen molar-refractivity contribution in [3.63, 3.8) is 0 Å². The van der Waals surface area contributed by atoms with E-state index < -0.39 is 17.7 Å². The van der Waals surface area contributed by atoms with Crippen LogP contribution in [0.3, 0.4) is 0 Å². The summed E-state index contributed by atoms with van der Waals surface area (Å²) in [6.45, 7) is 4.78. The van der Waals surface area contributed by atoms with Crippen LogP contribution in [0.2, 0.25) is 0 Å². The molecular weight excluding hydrogens is 504 g/mol. The number of aryl methyl sites for hydroxylation is 2. The van der Waals surface area contributed by atoms with Gasteiger partial charge in [0.25, 0.3) is 5.78 Å². The molecule has 1 N–H and O–H groups in total. The number of ketones is 1. The van der Waals surface area contributed by atoms with Gasteiger partial charge < -0.3 is 19.3 Å². The van der Waals surface area contributed by atoms with Crippen LogP contribution < -0.4 is 19.1 Å². The lowest BCUT2D eigenvalue weighted by molar-refractivity contribution is -0.132. The smallest absolute Gasteiger partial charge is 0.301 e. The molecule has 0 spiro atoms. The van der Waals surface area contributed by atoms with E-state index in [1.165, 1.54) is 16.2 Å². The first kappa shape index (κ1) is 24.0. The number of Topliss-reactive ketones (excluding diaryl/α,β-unsaturated/α-hetero) is 1. The van der Waals surface area contributed by atoms with Crippen LogP contribution in [0.5, 0.6) is 17.2 Å². The molecule has 192 valence electrons. The molecule has 1 aromatic heterocycles. The molecule has 8 nitrogen and oxygen atoms in total. The van der Waals surface area contributed by atoms with Crippen molar-refractivity contribution in [2.45, 2.75) is 19.9 Å². The van der Waals surface area contributed by atoms with E-state index >= 15 is 0 Å². The molecule has 1 amide bonds. The summed E-state index contributed by atoms with van der Waals surface area (Å²) in [5.74, 6) is -0.184. The van der Waals surface area contributed by atoms with Crippen molar-refractivity contribution in [3.8, 4) is 17.2 Å². The van der Waals surface area contributed by atoms with Crippen molar-refractivity contribution in [2.75, 3.05) is 25.2 Å². The molecule has 1 atom stereocenters. The van der Waals surface area contributed by atoms with E-state index in [0.29, 0.717) is 46.7 Å². The van der Waals surface area contributed by atoms with Gasteiger partial charge >= 0.3 is 5.91 Å². The first-order valence-electron chi connectivity index (χ1n) is 12.1. The van der Waals surface area contributed by atoms with Crippen molar-refractivity contribution in [1.82, 2.24) is 4.98 Å². The Morgan fingerprint density at radius 2 is 1.76 bits per heavy atom. The molecule has 3 heterocycles. The molecule has 0 saturated carbocycles. The monoisotopic (exact) mass is 528 g/mol. The zero-order valence-corrected chi connectivity index (χ0v) is 21.8. The fraction of sp³-hybridized carbons (Fsp3) is 0.207. The molecule has 0 radical (unpaired) electrons. The Labute approximate surface area is 222 Å². The number of methoxy groups -OCH3 is 1. The summed E-state index contributed by atoms with van der Waals surface area (Å²) in [7, 11) is 1.56. The maximum Gasteiger partial charge on any atom is 0.301 e. The van der Waals surface area contributed by atoms with E-state index in [2.05, 4.69) is 0 Å². The fourth-order valence-electron chi connectivity index (χ4n) is 4.94. The molecule has 38 heavy (non-hydrogen) atoms. The van der Waals surface area contributed by atoms with Crippen LogP contribution in [-0.4, -0.2) is 42.1 Å².